The van der Waals surface area contributed by atoms with Gasteiger partial charge in [0.1, 0.15) is 5.75 Å². The summed E-state index contributed by atoms with van der Waals surface area (Å²) in [5, 5.41) is 2.95. The van der Waals surface area contributed by atoms with Crippen LogP contribution in [0.5, 0.6) is 5.75 Å². The van der Waals surface area contributed by atoms with Crippen molar-refractivity contribution in [1.29, 1.82) is 0 Å². The molecule has 0 radical (unpaired) electrons. The number of hydrogen-bond donors (Lipinski definition) is 1. The fourth-order valence-electron chi connectivity index (χ4n) is 3.42. The Bertz CT molecular complexity index is 714. The number of hydrogen-bond acceptors (Lipinski definition) is 3. The Labute approximate surface area is 143 Å². The van der Waals surface area contributed by atoms with Gasteiger partial charge in [-0.1, -0.05) is 30.3 Å². The molecule has 1 aliphatic carbocycles. The number of likely N-dealkylation sites (N-methyl/N-ethyl adjacent to an activating group) is 1. The maximum absolute atomic E-state index is 12.4. The number of anilines is 1. The van der Waals surface area contributed by atoms with Crippen LogP contribution < -0.4 is 10.1 Å². The monoisotopic (exact) mass is 324 g/mol. The normalized spacial score (nSPS) is 16.5. The van der Waals surface area contributed by atoms with Crippen LogP contribution in [0.1, 0.15) is 30.0 Å². The van der Waals surface area contributed by atoms with Crippen LogP contribution in [0.25, 0.3) is 0 Å². The zero-order valence-electron chi connectivity index (χ0n) is 14.3. The van der Waals surface area contributed by atoms with Crippen molar-refractivity contribution in [2.45, 2.75) is 25.3 Å². The van der Waals surface area contributed by atoms with Crippen LogP contribution in [0.4, 0.5) is 5.69 Å². The summed E-state index contributed by atoms with van der Waals surface area (Å²) < 4.78 is 5.19. The smallest absolute Gasteiger partial charge is 0.238 e. The van der Waals surface area contributed by atoms with Crippen LogP contribution in [0.3, 0.4) is 0 Å². The predicted octanol–water partition coefficient (Wildman–Crippen LogP) is 3.64. The molecule has 3 rings (SSSR count). The summed E-state index contributed by atoms with van der Waals surface area (Å²) in [4.78, 5) is 14.5. The van der Waals surface area contributed by atoms with E-state index in [4.69, 9.17) is 4.74 Å². The SMILES string of the molecule is COc1cccc(NC(=O)CN(C)[C@H]2CCCc3ccccc32)c1. The summed E-state index contributed by atoms with van der Waals surface area (Å²) in [6.07, 6.45) is 3.40. The lowest BCUT2D eigenvalue weighted by atomic mass is 9.87. The summed E-state index contributed by atoms with van der Waals surface area (Å²) in [5.41, 5.74) is 3.53. The van der Waals surface area contributed by atoms with Gasteiger partial charge >= 0.3 is 0 Å². The van der Waals surface area contributed by atoms with Crippen molar-refractivity contribution in [3.63, 3.8) is 0 Å². The minimum absolute atomic E-state index is 0.00573. The highest BCUT2D eigenvalue weighted by molar-refractivity contribution is 5.92. The molecule has 1 atom stereocenters. The standard InChI is InChI=1S/C20H24N2O2/c1-22(19-12-5-8-15-7-3-4-11-18(15)19)14-20(23)21-16-9-6-10-17(13-16)24-2/h3-4,6-7,9-11,13,19H,5,8,12,14H2,1-2H3,(H,21,23)/t19-/m0/s1. The Morgan fingerprint density at radius 2 is 2.08 bits per heavy atom. The van der Waals surface area contributed by atoms with Gasteiger partial charge in [-0.15, -0.1) is 0 Å². The zero-order valence-corrected chi connectivity index (χ0v) is 14.3. The van der Waals surface area contributed by atoms with E-state index in [1.165, 1.54) is 17.5 Å². The van der Waals surface area contributed by atoms with Crippen LogP contribution >= 0.6 is 0 Å². The van der Waals surface area contributed by atoms with Gasteiger partial charge in [0.15, 0.2) is 0 Å². The van der Waals surface area contributed by atoms with Gasteiger partial charge < -0.3 is 10.1 Å². The molecule has 1 N–H and O–H groups in total. The number of rotatable bonds is 5. The number of methoxy groups -OCH3 is 1. The second-order valence-corrected chi connectivity index (χ2v) is 6.30. The van der Waals surface area contributed by atoms with E-state index < -0.39 is 0 Å². The summed E-state index contributed by atoms with van der Waals surface area (Å²) in [6, 6.07) is 16.3. The Balaban J connectivity index is 1.64. The molecule has 0 fully saturated rings. The number of amides is 1. The molecule has 0 unspecified atom stereocenters. The van der Waals surface area contributed by atoms with E-state index in [9.17, 15) is 4.79 Å². The highest BCUT2D eigenvalue weighted by Gasteiger charge is 2.24. The molecular formula is C20H24N2O2. The molecule has 0 saturated heterocycles. The van der Waals surface area contributed by atoms with E-state index in [1.54, 1.807) is 7.11 Å². The first-order valence-electron chi connectivity index (χ1n) is 8.39. The number of aryl methyl sites for hydroxylation is 1. The van der Waals surface area contributed by atoms with Gasteiger partial charge in [-0.05, 0) is 49.6 Å². The van der Waals surface area contributed by atoms with E-state index in [-0.39, 0.29) is 5.91 Å². The fourth-order valence-corrected chi connectivity index (χ4v) is 3.42. The van der Waals surface area contributed by atoms with Crippen LogP contribution in [0.2, 0.25) is 0 Å². The first kappa shape index (κ1) is 16.5. The number of fused-ring (bicyclic) bond motifs is 1. The third-order valence-electron chi connectivity index (χ3n) is 4.62. The molecule has 0 spiro atoms. The highest BCUT2D eigenvalue weighted by Crippen LogP contribution is 2.33. The second kappa shape index (κ2) is 7.49. The molecule has 0 heterocycles. The molecule has 1 amide bonds. The molecule has 2 aromatic rings. The topological polar surface area (TPSA) is 41.6 Å². The van der Waals surface area contributed by atoms with Crippen molar-refractivity contribution in [2.75, 3.05) is 26.0 Å². The third kappa shape index (κ3) is 3.77. The highest BCUT2D eigenvalue weighted by atomic mass is 16.5. The van der Waals surface area contributed by atoms with Crippen molar-refractivity contribution in [3.05, 3.63) is 59.7 Å². The third-order valence-corrected chi connectivity index (χ3v) is 4.62. The van der Waals surface area contributed by atoms with Crippen LogP contribution in [0.15, 0.2) is 48.5 Å². The largest absolute Gasteiger partial charge is 0.497 e. The molecule has 2 aromatic carbocycles. The Morgan fingerprint density at radius 1 is 1.25 bits per heavy atom. The zero-order chi connectivity index (χ0) is 16.9. The van der Waals surface area contributed by atoms with Crippen molar-refractivity contribution in [2.24, 2.45) is 0 Å². The summed E-state index contributed by atoms with van der Waals surface area (Å²) in [5.74, 6) is 0.733. The Hall–Kier alpha value is -2.33. The van der Waals surface area contributed by atoms with Gasteiger partial charge in [-0.2, -0.15) is 0 Å². The minimum Gasteiger partial charge on any atom is -0.497 e. The van der Waals surface area contributed by atoms with E-state index in [2.05, 4.69) is 34.5 Å². The number of nitrogens with one attached hydrogen (secondary N) is 1. The average molecular weight is 324 g/mol. The maximum Gasteiger partial charge on any atom is 0.238 e. The first-order chi connectivity index (χ1) is 11.7. The number of carbonyl (C=O) groups is 1. The van der Waals surface area contributed by atoms with Crippen molar-refractivity contribution in [3.8, 4) is 5.75 Å². The minimum atomic E-state index is -0.00573. The lowest BCUT2D eigenvalue weighted by molar-refractivity contribution is -0.117. The molecule has 0 saturated carbocycles. The van der Waals surface area contributed by atoms with Crippen molar-refractivity contribution < 1.29 is 9.53 Å². The van der Waals surface area contributed by atoms with Gasteiger partial charge in [0.2, 0.25) is 5.91 Å². The van der Waals surface area contributed by atoms with Crippen molar-refractivity contribution >= 4 is 11.6 Å². The molecule has 0 bridgehead atoms. The molecule has 0 aromatic heterocycles. The lowest BCUT2D eigenvalue weighted by Crippen LogP contribution is -2.34. The summed E-state index contributed by atoms with van der Waals surface area (Å²) in [7, 11) is 3.65. The van der Waals surface area contributed by atoms with E-state index in [0.29, 0.717) is 12.6 Å². The molecule has 4 nitrogen and oxygen atoms in total. The number of nitrogens with zero attached hydrogens (tertiary/aromatic N) is 1. The lowest BCUT2D eigenvalue weighted by Gasteiger charge is -2.32. The predicted molar refractivity (Wildman–Crippen MR) is 96.4 cm³/mol. The number of benzene rings is 2. The first-order valence-corrected chi connectivity index (χ1v) is 8.39. The van der Waals surface area contributed by atoms with Crippen LogP contribution in [-0.4, -0.2) is 31.5 Å². The number of ether oxygens (including phenoxy) is 1. The second-order valence-electron chi connectivity index (χ2n) is 6.30. The van der Waals surface area contributed by atoms with Crippen LogP contribution in [-0.2, 0) is 11.2 Å². The Morgan fingerprint density at radius 3 is 2.92 bits per heavy atom. The van der Waals surface area contributed by atoms with E-state index in [0.717, 1.165) is 24.3 Å². The van der Waals surface area contributed by atoms with Crippen molar-refractivity contribution in [1.82, 2.24) is 4.90 Å². The molecular weight excluding hydrogens is 300 g/mol. The van der Waals surface area contributed by atoms with E-state index in [1.807, 2.05) is 31.3 Å². The van der Waals surface area contributed by atoms with Gasteiger partial charge in [-0.25, -0.2) is 0 Å². The summed E-state index contributed by atoms with van der Waals surface area (Å²) in [6.45, 7) is 0.371. The fraction of sp³-hybridized carbons (Fsp3) is 0.350. The molecule has 0 aliphatic heterocycles. The van der Waals surface area contributed by atoms with Gasteiger partial charge in [0.25, 0.3) is 0 Å². The van der Waals surface area contributed by atoms with Crippen LogP contribution in [0, 0.1) is 0 Å². The Kier molecular flexibility index (Phi) is 5.16. The number of carbonyl (C=O) groups excluding carboxylic acids is 1. The summed E-state index contributed by atoms with van der Waals surface area (Å²) >= 11 is 0. The van der Waals surface area contributed by atoms with Gasteiger partial charge in [-0.3, -0.25) is 9.69 Å². The molecule has 1 aliphatic rings. The molecule has 24 heavy (non-hydrogen) atoms. The quantitative estimate of drug-likeness (QED) is 0.913. The average Bonchev–Trinajstić information content (AvgIpc) is 2.61. The molecule has 4 heteroatoms. The molecule has 126 valence electrons. The van der Waals surface area contributed by atoms with Gasteiger partial charge in [0, 0.05) is 17.8 Å². The van der Waals surface area contributed by atoms with Gasteiger partial charge in [0.05, 0.1) is 13.7 Å². The van der Waals surface area contributed by atoms with E-state index >= 15 is 0 Å². The maximum atomic E-state index is 12.4.